The minimum atomic E-state index is -0.478. The average Bonchev–Trinajstić information content (AvgIpc) is 2.41. The molecule has 2 atom stereocenters. The molecule has 0 spiro atoms. The lowest BCUT2D eigenvalue weighted by atomic mass is 9.86. The van der Waals surface area contributed by atoms with Crippen LogP contribution in [0.3, 0.4) is 0 Å². The van der Waals surface area contributed by atoms with E-state index in [-0.39, 0.29) is 6.04 Å². The van der Waals surface area contributed by atoms with Gasteiger partial charge in [-0.15, -0.1) is 0 Å². The van der Waals surface area contributed by atoms with Crippen LogP contribution in [-0.4, -0.2) is 24.4 Å². The van der Waals surface area contributed by atoms with E-state index < -0.39 is 11.8 Å². The summed E-state index contributed by atoms with van der Waals surface area (Å²) in [4.78, 5) is 23.4. The molecule has 0 unspecified atom stereocenters. The van der Waals surface area contributed by atoms with Crippen LogP contribution in [0, 0.1) is 5.92 Å². The number of nitrogens with one attached hydrogen (secondary N) is 2. The number of hydrogen-bond acceptors (Lipinski definition) is 2. The summed E-state index contributed by atoms with van der Waals surface area (Å²) < 4.78 is 0. The maximum Gasteiger partial charge on any atom is 0.309 e. The number of unbranched alkanes of at least 4 members (excludes halogenated alkanes) is 3. The van der Waals surface area contributed by atoms with Gasteiger partial charge in [-0.2, -0.15) is 0 Å². The summed E-state index contributed by atoms with van der Waals surface area (Å²) >= 11 is 0. The molecule has 1 rings (SSSR count). The second-order valence-electron chi connectivity index (χ2n) is 5.66. The SMILES string of the molecule is CCCCCCNC(=O)C(=O)N[C@@H]1CCCC[C@@H]1C. The Hall–Kier alpha value is -1.06. The molecular formula is C15H28N2O2. The smallest absolute Gasteiger partial charge is 0.309 e. The van der Waals surface area contributed by atoms with Crippen LogP contribution in [0.25, 0.3) is 0 Å². The summed E-state index contributed by atoms with van der Waals surface area (Å²) in [6, 6.07) is 0.173. The van der Waals surface area contributed by atoms with Crippen LogP contribution >= 0.6 is 0 Å². The molecule has 0 radical (unpaired) electrons. The minimum Gasteiger partial charge on any atom is -0.348 e. The Morgan fingerprint density at radius 2 is 1.79 bits per heavy atom. The molecule has 0 bridgehead atoms. The Morgan fingerprint density at radius 1 is 1.05 bits per heavy atom. The van der Waals surface area contributed by atoms with Crippen LogP contribution in [0.4, 0.5) is 0 Å². The fourth-order valence-corrected chi connectivity index (χ4v) is 2.60. The Kier molecular flexibility index (Phi) is 7.53. The molecule has 1 aliphatic rings. The molecular weight excluding hydrogens is 240 g/mol. The quantitative estimate of drug-likeness (QED) is 0.574. The Labute approximate surface area is 116 Å². The van der Waals surface area contributed by atoms with Crippen LogP contribution in [0.15, 0.2) is 0 Å². The summed E-state index contributed by atoms with van der Waals surface area (Å²) in [5.41, 5.74) is 0. The van der Waals surface area contributed by atoms with Crippen molar-refractivity contribution in [2.75, 3.05) is 6.54 Å². The van der Waals surface area contributed by atoms with Gasteiger partial charge in [-0.1, -0.05) is 46.0 Å². The molecule has 0 aromatic carbocycles. The van der Waals surface area contributed by atoms with Crippen LogP contribution in [0.5, 0.6) is 0 Å². The summed E-state index contributed by atoms with van der Waals surface area (Å²) in [7, 11) is 0. The highest BCUT2D eigenvalue weighted by molar-refractivity contribution is 6.35. The fourth-order valence-electron chi connectivity index (χ4n) is 2.60. The predicted octanol–water partition coefficient (Wildman–Crippen LogP) is 2.38. The van der Waals surface area contributed by atoms with Crippen molar-refractivity contribution in [3.63, 3.8) is 0 Å². The van der Waals surface area contributed by atoms with Gasteiger partial charge in [0.05, 0.1) is 0 Å². The highest BCUT2D eigenvalue weighted by atomic mass is 16.2. The molecule has 4 heteroatoms. The first-order chi connectivity index (χ1) is 9.15. The summed E-state index contributed by atoms with van der Waals surface area (Å²) in [6.07, 6.45) is 8.94. The molecule has 19 heavy (non-hydrogen) atoms. The third-order valence-electron chi connectivity index (χ3n) is 3.95. The number of hydrogen-bond donors (Lipinski definition) is 2. The van der Waals surface area contributed by atoms with E-state index in [4.69, 9.17) is 0 Å². The lowest BCUT2D eigenvalue weighted by Crippen LogP contribution is -2.47. The number of rotatable bonds is 6. The van der Waals surface area contributed by atoms with Crippen LogP contribution < -0.4 is 10.6 Å². The normalized spacial score (nSPS) is 22.8. The van der Waals surface area contributed by atoms with E-state index >= 15 is 0 Å². The van der Waals surface area contributed by atoms with Crippen molar-refractivity contribution in [2.24, 2.45) is 5.92 Å². The van der Waals surface area contributed by atoms with E-state index in [1.165, 1.54) is 19.3 Å². The van der Waals surface area contributed by atoms with Crippen molar-refractivity contribution in [2.45, 2.75) is 71.3 Å². The van der Waals surface area contributed by atoms with Gasteiger partial charge in [0.1, 0.15) is 0 Å². The van der Waals surface area contributed by atoms with E-state index in [0.717, 1.165) is 32.1 Å². The Bertz CT molecular complexity index is 292. The van der Waals surface area contributed by atoms with Gasteiger partial charge in [0, 0.05) is 12.6 Å². The fraction of sp³-hybridized carbons (Fsp3) is 0.867. The van der Waals surface area contributed by atoms with E-state index in [0.29, 0.717) is 12.5 Å². The number of carbonyl (C=O) groups is 2. The van der Waals surface area contributed by atoms with E-state index in [1.54, 1.807) is 0 Å². The summed E-state index contributed by atoms with van der Waals surface area (Å²) in [6.45, 7) is 4.90. The zero-order valence-electron chi connectivity index (χ0n) is 12.3. The zero-order chi connectivity index (χ0) is 14.1. The van der Waals surface area contributed by atoms with Crippen molar-refractivity contribution in [3.8, 4) is 0 Å². The molecule has 2 N–H and O–H groups in total. The third kappa shape index (κ3) is 6.08. The third-order valence-corrected chi connectivity index (χ3v) is 3.95. The van der Waals surface area contributed by atoms with Crippen molar-refractivity contribution in [1.82, 2.24) is 10.6 Å². The van der Waals surface area contributed by atoms with E-state index in [9.17, 15) is 9.59 Å². The molecule has 1 saturated carbocycles. The molecule has 4 nitrogen and oxygen atoms in total. The number of amides is 2. The topological polar surface area (TPSA) is 58.2 Å². The molecule has 110 valence electrons. The molecule has 2 amide bonds. The van der Waals surface area contributed by atoms with Crippen molar-refractivity contribution < 1.29 is 9.59 Å². The Morgan fingerprint density at radius 3 is 2.47 bits per heavy atom. The second-order valence-corrected chi connectivity index (χ2v) is 5.66. The van der Waals surface area contributed by atoms with Gasteiger partial charge < -0.3 is 10.6 Å². The predicted molar refractivity (Wildman–Crippen MR) is 76.7 cm³/mol. The molecule has 0 saturated heterocycles. The first-order valence-corrected chi connectivity index (χ1v) is 7.73. The molecule has 0 aromatic rings. The van der Waals surface area contributed by atoms with Gasteiger partial charge in [0.2, 0.25) is 0 Å². The molecule has 0 aliphatic heterocycles. The monoisotopic (exact) mass is 268 g/mol. The maximum atomic E-state index is 11.8. The van der Waals surface area contributed by atoms with Crippen LogP contribution in [-0.2, 0) is 9.59 Å². The molecule has 1 aliphatic carbocycles. The van der Waals surface area contributed by atoms with Gasteiger partial charge in [-0.3, -0.25) is 9.59 Å². The van der Waals surface area contributed by atoms with Crippen molar-refractivity contribution in [1.29, 1.82) is 0 Å². The average molecular weight is 268 g/mol. The highest BCUT2D eigenvalue weighted by Gasteiger charge is 2.25. The first kappa shape index (κ1) is 16.0. The highest BCUT2D eigenvalue weighted by Crippen LogP contribution is 2.23. The second kappa shape index (κ2) is 8.94. The van der Waals surface area contributed by atoms with Crippen LogP contribution in [0.1, 0.15) is 65.2 Å². The van der Waals surface area contributed by atoms with Gasteiger partial charge in [0.25, 0.3) is 0 Å². The molecule has 1 fully saturated rings. The maximum absolute atomic E-state index is 11.8. The standard InChI is InChI=1S/C15H28N2O2/c1-3-4-5-8-11-16-14(18)15(19)17-13-10-7-6-9-12(13)2/h12-13H,3-11H2,1-2H3,(H,16,18)(H,17,19)/t12-,13+/m0/s1. The molecule has 0 aromatic heterocycles. The minimum absolute atomic E-state index is 0.173. The number of carbonyl (C=O) groups excluding carboxylic acids is 2. The largest absolute Gasteiger partial charge is 0.348 e. The van der Waals surface area contributed by atoms with E-state index in [2.05, 4.69) is 24.5 Å². The zero-order valence-corrected chi connectivity index (χ0v) is 12.3. The summed E-state index contributed by atoms with van der Waals surface area (Å²) in [5, 5.41) is 5.56. The van der Waals surface area contributed by atoms with Crippen molar-refractivity contribution in [3.05, 3.63) is 0 Å². The van der Waals surface area contributed by atoms with Gasteiger partial charge in [0.15, 0.2) is 0 Å². The molecule has 0 heterocycles. The van der Waals surface area contributed by atoms with Gasteiger partial charge in [-0.25, -0.2) is 0 Å². The summed E-state index contributed by atoms with van der Waals surface area (Å²) in [5.74, 6) is -0.460. The van der Waals surface area contributed by atoms with Crippen molar-refractivity contribution >= 4 is 11.8 Å². The van der Waals surface area contributed by atoms with E-state index in [1.807, 2.05) is 0 Å². The lowest BCUT2D eigenvalue weighted by molar-refractivity contribution is -0.140. The Balaban J connectivity index is 2.19. The van der Waals surface area contributed by atoms with Gasteiger partial charge >= 0.3 is 11.8 Å². The van der Waals surface area contributed by atoms with Gasteiger partial charge in [-0.05, 0) is 25.2 Å². The lowest BCUT2D eigenvalue weighted by Gasteiger charge is -2.29. The van der Waals surface area contributed by atoms with Crippen LogP contribution in [0.2, 0.25) is 0 Å². The first-order valence-electron chi connectivity index (χ1n) is 7.73.